The van der Waals surface area contributed by atoms with Crippen molar-refractivity contribution in [3.63, 3.8) is 0 Å². The van der Waals surface area contributed by atoms with Crippen LogP contribution in [0, 0.1) is 10.1 Å². The summed E-state index contributed by atoms with van der Waals surface area (Å²) in [7, 11) is 0. The molecule has 0 heterocycles. The lowest BCUT2D eigenvalue weighted by atomic mass is 10.3. The van der Waals surface area contributed by atoms with Gasteiger partial charge < -0.3 is 9.47 Å². The average molecular weight is 274 g/mol. The Balaban J connectivity index is 2.73. The Kier molecular flexibility index (Phi) is 4.91. The van der Waals surface area contributed by atoms with Crippen molar-refractivity contribution in [2.24, 2.45) is 0 Å². The van der Waals surface area contributed by atoms with Crippen LogP contribution >= 0.6 is 11.6 Å². The first-order valence-corrected chi connectivity index (χ1v) is 5.54. The summed E-state index contributed by atoms with van der Waals surface area (Å²) in [5.41, 5.74) is -0.292. The second-order valence-corrected chi connectivity index (χ2v) is 4.13. The molecular formula is C11H12ClNO5. The molecule has 98 valence electrons. The number of nitro benzene ring substituents is 1. The molecule has 0 atom stereocenters. The second-order valence-electron chi connectivity index (χ2n) is 3.70. The summed E-state index contributed by atoms with van der Waals surface area (Å²) in [6.45, 7) is 3.01. The minimum atomic E-state index is -0.630. The number of hydrogen-bond acceptors (Lipinski definition) is 5. The van der Waals surface area contributed by atoms with Crippen LogP contribution in [0.3, 0.4) is 0 Å². The van der Waals surface area contributed by atoms with Gasteiger partial charge in [0.05, 0.1) is 11.0 Å². The van der Waals surface area contributed by atoms with E-state index in [4.69, 9.17) is 21.1 Å². The Hall–Kier alpha value is -1.82. The number of rotatable bonds is 5. The molecular weight excluding hydrogens is 262 g/mol. The van der Waals surface area contributed by atoms with Gasteiger partial charge in [-0.25, -0.2) is 4.79 Å². The number of carbonyl (C=O) groups excluding carboxylic acids is 1. The summed E-state index contributed by atoms with van der Waals surface area (Å²) < 4.78 is 9.88. The van der Waals surface area contributed by atoms with E-state index in [0.717, 1.165) is 6.07 Å². The maximum Gasteiger partial charge on any atom is 0.344 e. The van der Waals surface area contributed by atoms with Crippen molar-refractivity contribution in [3.05, 3.63) is 33.3 Å². The maximum absolute atomic E-state index is 11.2. The van der Waals surface area contributed by atoms with E-state index in [1.165, 1.54) is 12.1 Å². The normalized spacial score (nSPS) is 10.2. The van der Waals surface area contributed by atoms with Crippen LogP contribution in [0.2, 0.25) is 5.02 Å². The van der Waals surface area contributed by atoms with Crippen LogP contribution in [-0.2, 0) is 9.53 Å². The Morgan fingerprint density at radius 2 is 2.17 bits per heavy atom. The quantitative estimate of drug-likeness (QED) is 0.468. The molecule has 1 rings (SSSR count). The molecule has 0 saturated heterocycles. The molecule has 0 aliphatic rings. The molecule has 0 aliphatic carbocycles. The van der Waals surface area contributed by atoms with Gasteiger partial charge in [-0.1, -0.05) is 11.6 Å². The molecule has 0 aromatic heterocycles. The lowest BCUT2D eigenvalue weighted by Crippen LogP contribution is -2.19. The van der Waals surface area contributed by atoms with Gasteiger partial charge in [-0.15, -0.1) is 0 Å². The molecule has 1 aromatic carbocycles. The number of hydrogen-bond donors (Lipinski definition) is 0. The Labute approximate surface area is 109 Å². The first kappa shape index (κ1) is 14.2. The van der Waals surface area contributed by atoms with E-state index in [-0.39, 0.29) is 29.2 Å². The molecule has 0 fully saturated rings. The van der Waals surface area contributed by atoms with E-state index in [1.54, 1.807) is 13.8 Å². The molecule has 0 unspecified atom stereocenters. The minimum Gasteiger partial charge on any atom is -0.475 e. The van der Waals surface area contributed by atoms with Crippen molar-refractivity contribution in [2.75, 3.05) is 6.61 Å². The predicted molar refractivity (Wildman–Crippen MR) is 64.8 cm³/mol. The van der Waals surface area contributed by atoms with Crippen molar-refractivity contribution in [3.8, 4) is 5.75 Å². The Morgan fingerprint density at radius 3 is 2.72 bits per heavy atom. The molecule has 0 aliphatic heterocycles. The summed E-state index contributed by atoms with van der Waals surface area (Å²) in [5.74, 6) is -0.612. The summed E-state index contributed by atoms with van der Waals surface area (Å²) in [6.07, 6.45) is -0.263. The van der Waals surface area contributed by atoms with Gasteiger partial charge in [0, 0.05) is 11.1 Å². The fourth-order valence-electron chi connectivity index (χ4n) is 1.19. The minimum absolute atomic E-state index is 0.0230. The summed E-state index contributed by atoms with van der Waals surface area (Å²) in [4.78, 5) is 21.3. The number of nitro groups is 1. The smallest absolute Gasteiger partial charge is 0.344 e. The molecule has 7 heteroatoms. The third kappa shape index (κ3) is 4.21. The number of benzene rings is 1. The van der Waals surface area contributed by atoms with Crippen LogP contribution in [0.15, 0.2) is 18.2 Å². The number of halogens is 1. The van der Waals surface area contributed by atoms with Gasteiger partial charge >= 0.3 is 11.7 Å². The van der Waals surface area contributed by atoms with Gasteiger partial charge in [0.15, 0.2) is 12.4 Å². The third-order valence-corrected chi connectivity index (χ3v) is 2.07. The highest BCUT2D eigenvalue weighted by Gasteiger charge is 2.17. The van der Waals surface area contributed by atoms with Crippen molar-refractivity contribution in [1.29, 1.82) is 0 Å². The van der Waals surface area contributed by atoms with Gasteiger partial charge in [-0.05, 0) is 26.0 Å². The Morgan fingerprint density at radius 1 is 1.50 bits per heavy atom. The zero-order valence-corrected chi connectivity index (χ0v) is 10.6. The molecule has 1 aromatic rings. The van der Waals surface area contributed by atoms with Crippen molar-refractivity contribution < 1.29 is 19.2 Å². The van der Waals surface area contributed by atoms with Crippen molar-refractivity contribution in [2.45, 2.75) is 20.0 Å². The first-order chi connectivity index (χ1) is 8.40. The monoisotopic (exact) mass is 273 g/mol. The lowest BCUT2D eigenvalue weighted by molar-refractivity contribution is -0.385. The van der Waals surface area contributed by atoms with Gasteiger partial charge in [0.2, 0.25) is 0 Å². The van der Waals surface area contributed by atoms with Crippen LogP contribution in [0.5, 0.6) is 5.75 Å². The van der Waals surface area contributed by atoms with Crippen molar-refractivity contribution in [1.82, 2.24) is 0 Å². The first-order valence-electron chi connectivity index (χ1n) is 5.16. The topological polar surface area (TPSA) is 78.7 Å². The van der Waals surface area contributed by atoms with Gasteiger partial charge in [0.25, 0.3) is 0 Å². The summed E-state index contributed by atoms with van der Waals surface area (Å²) in [5, 5.41) is 11.0. The molecule has 0 amide bonds. The highest BCUT2D eigenvalue weighted by Crippen LogP contribution is 2.29. The molecule has 0 radical (unpaired) electrons. The number of ether oxygens (including phenoxy) is 2. The molecule has 18 heavy (non-hydrogen) atoms. The average Bonchev–Trinajstić information content (AvgIpc) is 2.26. The number of esters is 1. The van der Waals surface area contributed by atoms with Crippen LogP contribution < -0.4 is 4.74 Å². The SMILES string of the molecule is CC(C)OC(=O)COc1ccc(Cl)cc1[N+](=O)[O-]. The standard InChI is InChI=1S/C11H12ClNO5/c1-7(2)18-11(14)6-17-10-4-3-8(12)5-9(10)13(15)16/h3-5,7H,6H2,1-2H3. The van der Waals surface area contributed by atoms with Gasteiger partial charge in [0.1, 0.15) is 0 Å². The van der Waals surface area contributed by atoms with Crippen molar-refractivity contribution >= 4 is 23.3 Å². The predicted octanol–water partition coefficient (Wildman–Crippen LogP) is 2.58. The molecule has 6 nitrogen and oxygen atoms in total. The van der Waals surface area contributed by atoms with Crippen LogP contribution in [0.1, 0.15) is 13.8 Å². The van der Waals surface area contributed by atoms with Crippen LogP contribution in [-0.4, -0.2) is 23.6 Å². The summed E-state index contributed by atoms with van der Waals surface area (Å²) in [6, 6.07) is 3.94. The van der Waals surface area contributed by atoms with Gasteiger partial charge in [-0.3, -0.25) is 10.1 Å². The summed E-state index contributed by atoms with van der Waals surface area (Å²) >= 11 is 5.64. The zero-order chi connectivity index (χ0) is 13.7. The van der Waals surface area contributed by atoms with E-state index in [0.29, 0.717) is 0 Å². The van der Waals surface area contributed by atoms with E-state index in [2.05, 4.69) is 0 Å². The third-order valence-electron chi connectivity index (χ3n) is 1.83. The molecule has 0 N–H and O–H groups in total. The lowest BCUT2D eigenvalue weighted by Gasteiger charge is -2.09. The van der Waals surface area contributed by atoms with Gasteiger partial charge in [-0.2, -0.15) is 0 Å². The molecule has 0 spiro atoms. The fourth-order valence-corrected chi connectivity index (χ4v) is 1.36. The highest BCUT2D eigenvalue weighted by molar-refractivity contribution is 6.30. The zero-order valence-electron chi connectivity index (χ0n) is 9.88. The van der Waals surface area contributed by atoms with E-state index in [1.807, 2.05) is 0 Å². The van der Waals surface area contributed by atoms with Crippen LogP contribution in [0.4, 0.5) is 5.69 Å². The fraction of sp³-hybridized carbons (Fsp3) is 0.364. The Bertz CT molecular complexity index is 461. The molecule has 0 saturated carbocycles. The van der Waals surface area contributed by atoms with E-state index >= 15 is 0 Å². The van der Waals surface area contributed by atoms with E-state index < -0.39 is 10.9 Å². The highest BCUT2D eigenvalue weighted by atomic mass is 35.5. The largest absolute Gasteiger partial charge is 0.475 e. The number of nitrogens with zero attached hydrogens (tertiary/aromatic N) is 1. The maximum atomic E-state index is 11.2. The second kappa shape index (κ2) is 6.20. The van der Waals surface area contributed by atoms with Crippen LogP contribution in [0.25, 0.3) is 0 Å². The van der Waals surface area contributed by atoms with E-state index in [9.17, 15) is 14.9 Å². The number of carbonyl (C=O) groups is 1. The molecule has 0 bridgehead atoms.